The van der Waals surface area contributed by atoms with Crippen LogP contribution in [0.3, 0.4) is 0 Å². The molecule has 3 atom stereocenters. The van der Waals surface area contributed by atoms with E-state index in [9.17, 15) is 9.59 Å². The predicted molar refractivity (Wildman–Crippen MR) is 118 cm³/mol. The van der Waals surface area contributed by atoms with Gasteiger partial charge in [0.1, 0.15) is 11.9 Å². The van der Waals surface area contributed by atoms with Crippen LogP contribution in [0, 0.1) is 0 Å². The van der Waals surface area contributed by atoms with Crippen molar-refractivity contribution in [2.75, 3.05) is 13.6 Å². The minimum absolute atomic E-state index is 0.0607. The summed E-state index contributed by atoms with van der Waals surface area (Å²) in [5, 5.41) is 12.1. The summed E-state index contributed by atoms with van der Waals surface area (Å²) in [6.45, 7) is 10.5. The Morgan fingerprint density at radius 3 is 2.47 bits per heavy atom. The van der Waals surface area contributed by atoms with E-state index < -0.39 is 6.29 Å². The SMILES string of the molecule is CC.CCC1CC(OC(C)=O)CC(Oc2ccc(CO)cc2C=O)O1.CCCNC. The standard InChI is InChI=1S/C17H22O6.C4H11N.C2H6/c1-3-14-7-15(21-11(2)20)8-17(22-14)23-16-5-4-12(9-18)6-13(16)10-19;1-3-4-5-2;1-2/h4-6,10,14-15,17-18H,3,7-9H2,1-2H3;5H,3-4H2,1-2H3;1-2H3. The lowest BCUT2D eigenvalue weighted by atomic mass is 10.0. The normalized spacial score (nSPS) is 20.0. The second-order valence-electron chi connectivity index (χ2n) is 6.67. The second kappa shape index (κ2) is 16.8. The Hall–Kier alpha value is -1.96. The van der Waals surface area contributed by atoms with Crippen LogP contribution in [0.1, 0.15) is 76.2 Å². The summed E-state index contributed by atoms with van der Waals surface area (Å²) < 4.78 is 16.9. The summed E-state index contributed by atoms with van der Waals surface area (Å²) in [6.07, 6.45) is 2.84. The predicted octanol–water partition coefficient (Wildman–Crippen LogP) is 3.86. The van der Waals surface area contributed by atoms with Crippen molar-refractivity contribution in [3.8, 4) is 5.75 Å². The maximum atomic E-state index is 11.2. The first kappa shape index (κ1) is 28.0. The number of carbonyl (C=O) groups excluding carboxylic acids is 2. The highest BCUT2D eigenvalue weighted by molar-refractivity contribution is 5.79. The molecular weight excluding hydrogens is 386 g/mol. The number of aliphatic hydroxyl groups is 1. The maximum Gasteiger partial charge on any atom is 0.302 e. The van der Waals surface area contributed by atoms with Crippen molar-refractivity contribution < 1.29 is 28.9 Å². The van der Waals surface area contributed by atoms with Gasteiger partial charge in [-0.05, 0) is 44.1 Å². The van der Waals surface area contributed by atoms with Crippen LogP contribution in [-0.2, 0) is 20.9 Å². The van der Waals surface area contributed by atoms with Crippen LogP contribution < -0.4 is 10.1 Å². The summed E-state index contributed by atoms with van der Waals surface area (Å²) in [6, 6.07) is 4.90. The third kappa shape index (κ3) is 10.7. The van der Waals surface area contributed by atoms with Gasteiger partial charge in [-0.1, -0.05) is 33.8 Å². The molecule has 7 nitrogen and oxygen atoms in total. The zero-order valence-electron chi connectivity index (χ0n) is 19.3. The number of esters is 1. The monoisotopic (exact) mass is 425 g/mol. The van der Waals surface area contributed by atoms with Crippen LogP contribution in [0.4, 0.5) is 0 Å². The summed E-state index contributed by atoms with van der Waals surface area (Å²) >= 11 is 0. The maximum absolute atomic E-state index is 11.2. The first-order chi connectivity index (χ1) is 14.5. The van der Waals surface area contributed by atoms with Crippen LogP contribution in [-0.4, -0.2) is 49.5 Å². The fourth-order valence-electron chi connectivity index (χ4n) is 2.89. The summed E-state index contributed by atoms with van der Waals surface area (Å²) in [5.41, 5.74) is 0.982. The Balaban J connectivity index is 0.00000105. The Morgan fingerprint density at radius 1 is 1.30 bits per heavy atom. The average molecular weight is 426 g/mol. The molecular formula is C23H39NO6. The van der Waals surface area contributed by atoms with Crippen LogP contribution in [0.5, 0.6) is 5.75 Å². The first-order valence-electron chi connectivity index (χ1n) is 10.8. The molecule has 0 amide bonds. The number of aliphatic hydroxyl groups excluding tert-OH is 1. The lowest BCUT2D eigenvalue weighted by Gasteiger charge is -2.34. The van der Waals surface area contributed by atoms with Crippen molar-refractivity contribution in [2.45, 2.75) is 85.4 Å². The molecule has 7 heteroatoms. The molecule has 0 aliphatic carbocycles. The summed E-state index contributed by atoms with van der Waals surface area (Å²) in [5.74, 6) is 0.0620. The number of carbonyl (C=O) groups is 2. The molecule has 0 radical (unpaired) electrons. The molecule has 0 aromatic heterocycles. The van der Waals surface area contributed by atoms with Crippen molar-refractivity contribution >= 4 is 12.3 Å². The van der Waals surface area contributed by atoms with Gasteiger partial charge in [0.05, 0.1) is 18.3 Å². The largest absolute Gasteiger partial charge is 0.464 e. The zero-order chi connectivity index (χ0) is 22.9. The molecule has 1 aromatic carbocycles. The van der Waals surface area contributed by atoms with Crippen LogP contribution in [0.2, 0.25) is 0 Å². The highest BCUT2D eigenvalue weighted by Crippen LogP contribution is 2.28. The summed E-state index contributed by atoms with van der Waals surface area (Å²) in [7, 11) is 1.96. The van der Waals surface area contributed by atoms with Gasteiger partial charge in [0, 0.05) is 19.8 Å². The molecule has 3 unspecified atom stereocenters. The Morgan fingerprint density at radius 2 is 2.00 bits per heavy atom. The van der Waals surface area contributed by atoms with Gasteiger partial charge >= 0.3 is 5.97 Å². The quantitative estimate of drug-likeness (QED) is 0.482. The molecule has 1 saturated heterocycles. The molecule has 1 aliphatic heterocycles. The third-order valence-electron chi connectivity index (χ3n) is 4.26. The van der Waals surface area contributed by atoms with Crippen LogP contribution in [0.25, 0.3) is 0 Å². The van der Waals surface area contributed by atoms with E-state index >= 15 is 0 Å². The Labute approximate surface area is 181 Å². The molecule has 1 fully saturated rings. The van der Waals surface area contributed by atoms with Crippen molar-refractivity contribution in [3.63, 3.8) is 0 Å². The highest BCUT2D eigenvalue weighted by Gasteiger charge is 2.32. The van der Waals surface area contributed by atoms with Gasteiger partial charge in [-0.2, -0.15) is 0 Å². The Kier molecular flexibility index (Phi) is 15.7. The molecule has 30 heavy (non-hydrogen) atoms. The second-order valence-corrected chi connectivity index (χ2v) is 6.67. The molecule has 0 saturated carbocycles. The minimum Gasteiger partial charge on any atom is -0.464 e. The number of hydrogen-bond acceptors (Lipinski definition) is 7. The molecule has 172 valence electrons. The van der Waals surface area contributed by atoms with E-state index in [-0.39, 0.29) is 24.8 Å². The lowest BCUT2D eigenvalue weighted by molar-refractivity contribution is -0.190. The molecule has 0 bridgehead atoms. The van der Waals surface area contributed by atoms with Crippen molar-refractivity contribution in [1.29, 1.82) is 0 Å². The van der Waals surface area contributed by atoms with Gasteiger partial charge in [-0.3, -0.25) is 9.59 Å². The van der Waals surface area contributed by atoms with E-state index in [1.165, 1.54) is 13.3 Å². The molecule has 2 N–H and O–H groups in total. The number of hydrogen-bond donors (Lipinski definition) is 2. The van der Waals surface area contributed by atoms with Crippen molar-refractivity contribution in [1.82, 2.24) is 5.32 Å². The number of rotatable bonds is 8. The van der Waals surface area contributed by atoms with E-state index in [4.69, 9.17) is 19.3 Å². The third-order valence-corrected chi connectivity index (χ3v) is 4.26. The van der Waals surface area contributed by atoms with Crippen LogP contribution >= 0.6 is 0 Å². The number of nitrogens with one attached hydrogen (secondary N) is 1. The smallest absolute Gasteiger partial charge is 0.302 e. The fraction of sp³-hybridized carbons (Fsp3) is 0.652. The topological polar surface area (TPSA) is 94.1 Å². The highest BCUT2D eigenvalue weighted by atomic mass is 16.7. The molecule has 0 spiro atoms. The van der Waals surface area contributed by atoms with Crippen molar-refractivity contribution in [2.24, 2.45) is 0 Å². The van der Waals surface area contributed by atoms with Gasteiger partial charge in [0.25, 0.3) is 0 Å². The minimum atomic E-state index is -0.586. The molecule has 1 aliphatic rings. The van der Waals surface area contributed by atoms with E-state index in [2.05, 4.69) is 12.2 Å². The van der Waals surface area contributed by atoms with Gasteiger partial charge in [-0.25, -0.2) is 0 Å². The van der Waals surface area contributed by atoms with Crippen LogP contribution in [0.15, 0.2) is 18.2 Å². The molecule has 2 rings (SSSR count). The van der Waals surface area contributed by atoms with Crippen molar-refractivity contribution in [3.05, 3.63) is 29.3 Å². The van der Waals surface area contributed by atoms with Gasteiger partial charge in [0.15, 0.2) is 6.29 Å². The van der Waals surface area contributed by atoms with Gasteiger partial charge in [0.2, 0.25) is 6.29 Å². The first-order valence-corrected chi connectivity index (χ1v) is 10.8. The fourth-order valence-corrected chi connectivity index (χ4v) is 2.89. The number of benzene rings is 1. The van der Waals surface area contributed by atoms with E-state index in [1.807, 2.05) is 27.8 Å². The van der Waals surface area contributed by atoms with E-state index in [1.54, 1.807) is 18.2 Å². The van der Waals surface area contributed by atoms with E-state index in [0.29, 0.717) is 36.0 Å². The van der Waals surface area contributed by atoms with Gasteiger partial charge in [-0.15, -0.1) is 0 Å². The average Bonchev–Trinajstić information content (AvgIpc) is 2.75. The molecule has 1 aromatic rings. The summed E-state index contributed by atoms with van der Waals surface area (Å²) in [4.78, 5) is 22.4. The Bertz CT molecular complexity index is 605. The number of aldehydes is 1. The van der Waals surface area contributed by atoms with E-state index in [0.717, 1.165) is 13.0 Å². The zero-order valence-corrected chi connectivity index (χ0v) is 19.3. The lowest BCUT2D eigenvalue weighted by Crippen LogP contribution is -2.40. The van der Waals surface area contributed by atoms with Gasteiger partial charge < -0.3 is 24.6 Å². The number of ether oxygens (including phenoxy) is 3. The molecule has 1 heterocycles.